The van der Waals surface area contributed by atoms with Gasteiger partial charge in [0.2, 0.25) is 5.91 Å². The number of amides is 1. The van der Waals surface area contributed by atoms with Gasteiger partial charge in [-0.05, 0) is 30.6 Å². The van der Waals surface area contributed by atoms with Crippen LogP contribution in [-0.4, -0.2) is 43.2 Å². The van der Waals surface area contributed by atoms with Crippen molar-refractivity contribution >= 4 is 5.91 Å². The van der Waals surface area contributed by atoms with Crippen molar-refractivity contribution < 1.29 is 9.53 Å². The highest BCUT2D eigenvalue weighted by Gasteiger charge is 2.41. The number of hydrogen-bond acceptors (Lipinski definition) is 3. The Kier molecular flexibility index (Phi) is 3.73. The molecule has 1 spiro atoms. The van der Waals surface area contributed by atoms with Gasteiger partial charge < -0.3 is 15.4 Å². The van der Waals surface area contributed by atoms with Crippen LogP contribution in [0.2, 0.25) is 0 Å². The molecule has 1 amide bonds. The molecule has 2 aliphatic heterocycles. The molecule has 2 aliphatic rings. The zero-order chi connectivity index (χ0) is 12.5. The van der Waals surface area contributed by atoms with Gasteiger partial charge in [0.15, 0.2) is 0 Å². The van der Waals surface area contributed by atoms with Gasteiger partial charge in [0.1, 0.15) is 0 Å². The Balaban J connectivity index is 1.95. The molecule has 0 unspecified atom stereocenters. The lowest BCUT2D eigenvalue weighted by Crippen LogP contribution is -2.46. The Morgan fingerprint density at radius 1 is 1.29 bits per heavy atom. The molecule has 1 atom stereocenters. The molecule has 0 aliphatic carbocycles. The maximum Gasteiger partial charge on any atom is 0.239 e. The number of hydrogen-bond donors (Lipinski definition) is 1. The summed E-state index contributed by atoms with van der Waals surface area (Å²) in [6.07, 6.45) is 3.30. The lowest BCUT2D eigenvalue weighted by molar-refractivity contribution is -0.133. The highest BCUT2D eigenvalue weighted by molar-refractivity contribution is 5.82. The van der Waals surface area contributed by atoms with Gasteiger partial charge in [0, 0.05) is 26.3 Å². The van der Waals surface area contributed by atoms with E-state index < -0.39 is 0 Å². The SMILES string of the molecule is CC(C)[C@@H](N)C(=O)N1CCC2(CCOCC2)C1. The summed E-state index contributed by atoms with van der Waals surface area (Å²) < 4.78 is 5.41. The smallest absolute Gasteiger partial charge is 0.239 e. The second-order valence-electron chi connectivity index (χ2n) is 5.89. The highest BCUT2D eigenvalue weighted by Crippen LogP contribution is 2.39. The first-order valence-electron chi connectivity index (χ1n) is 6.66. The van der Waals surface area contributed by atoms with Crippen molar-refractivity contribution in [2.75, 3.05) is 26.3 Å². The molecule has 2 saturated heterocycles. The van der Waals surface area contributed by atoms with Crippen LogP contribution in [0.3, 0.4) is 0 Å². The second-order valence-corrected chi connectivity index (χ2v) is 5.89. The average molecular weight is 240 g/mol. The van der Waals surface area contributed by atoms with E-state index in [1.54, 1.807) is 0 Å². The molecule has 2 fully saturated rings. The van der Waals surface area contributed by atoms with E-state index in [2.05, 4.69) is 0 Å². The largest absolute Gasteiger partial charge is 0.381 e. The molecule has 0 saturated carbocycles. The molecule has 4 nitrogen and oxygen atoms in total. The van der Waals surface area contributed by atoms with Gasteiger partial charge in [-0.3, -0.25) is 4.79 Å². The lowest BCUT2D eigenvalue weighted by atomic mass is 9.80. The average Bonchev–Trinajstić information content (AvgIpc) is 2.72. The topological polar surface area (TPSA) is 55.6 Å². The van der Waals surface area contributed by atoms with Crippen LogP contribution >= 0.6 is 0 Å². The Morgan fingerprint density at radius 2 is 1.94 bits per heavy atom. The lowest BCUT2D eigenvalue weighted by Gasteiger charge is -2.33. The zero-order valence-electron chi connectivity index (χ0n) is 10.9. The first kappa shape index (κ1) is 12.8. The maximum absolute atomic E-state index is 12.2. The van der Waals surface area contributed by atoms with Crippen LogP contribution < -0.4 is 5.73 Å². The van der Waals surface area contributed by atoms with Gasteiger partial charge in [-0.25, -0.2) is 0 Å². The van der Waals surface area contributed by atoms with Crippen LogP contribution in [0.5, 0.6) is 0 Å². The van der Waals surface area contributed by atoms with Crippen molar-refractivity contribution in [3.05, 3.63) is 0 Å². The van der Waals surface area contributed by atoms with Gasteiger partial charge in [0.25, 0.3) is 0 Å². The Morgan fingerprint density at radius 3 is 2.53 bits per heavy atom. The molecule has 2 heterocycles. The molecule has 0 aromatic heterocycles. The summed E-state index contributed by atoms with van der Waals surface area (Å²) in [6.45, 7) is 7.46. The number of carbonyl (C=O) groups excluding carboxylic acids is 1. The number of likely N-dealkylation sites (tertiary alicyclic amines) is 1. The van der Waals surface area contributed by atoms with Crippen LogP contribution in [0.1, 0.15) is 33.1 Å². The first-order chi connectivity index (χ1) is 8.04. The minimum absolute atomic E-state index is 0.128. The Labute approximate surface area is 103 Å². The van der Waals surface area contributed by atoms with E-state index in [1.807, 2.05) is 18.7 Å². The van der Waals surface area contributed by atoms with E-state index in [0.717, 1.165) is 45.6 Å². The van der Waals surface area contributed by atoms with Crippen molar-refractivity contribution in [2.45, 2.75) is 39.2 Å². The molecule has 17 heavy (non-hydrogen) atoms. The van der Waals surface area contributed by atoms with E-state index in [-0.39, 0.29) is 17.9 Å². The zero-order valence-corrected chi connectivity index (χ0v) is 10.9. The Hall–Kier alpha value is -0.610. The molecule has 2 rings (SSSR count). The molecule has 0 bridgehead atoms. The van der Waals surface area contributed by atoms with Crippen molar-refractivity contribution in [1.29, 1.82) is 0 Å². The Bertz CT molecular complexity index is 285. The normalized spacial score (nSPS) is 25.5. The summed E-state index contributed by atoms with van der Waals surface area (Å²) in [4.78, 5) is 14.2. The van der Waals surface area contributed by atoms with Crippen LogP contribution in [0.4, 0.5) is 0 Å². The third-order valence-electron chi connectivity index (χ3n) is 4.31. The van der Waals surface area contributed by atoms with Gasteiger partial charge in [0.05, 0.1) is 6.04 Å². The molecule has 0 aromatic carbocycles. The predicted octanol–water partition coefficient (Wildman–Crippen LogP) is 0.999. The third-order valence-corrected chi connectivity index (χ3v) is 4.31. The van der Waals surface area contributed by atoms with E-state index in [4.69, 9.17) is 10.5 Å². The fourth-order valence-corrected chi connectivity index (χ4v) is 2.83. The van der Waals surface area contributed by atoms with Crippen LogP contribution in [0, 0.1) is 11.3 Å². The molecule has 4 heteroatoms. The summed E-state index contributed by atoms with van der Waals surface area (Å²) in [7, 11) is 0. The minimum Gasteiger partial charge on any atom is -0.381 e. The molecule has 0 radical (unpaired) electrons. The van der Waals surface area contributed by atoms with Crippen molar-refractivity contribution in [3.63, 3.8) is 0 Å². The molecular weight excluding hydrogens is 216 g/mol. The van der Waals surface area contributed by atoms with Crippen molar-refractivity contribution in [2.24, 2.45) is 17.1 Å². The summed E-state index contributed by atoms with van der Waals surface area (Å²) in [5.41, 5.74) is 6.27. The number of nitrogens with two attached hydrogens (primary N) is 1. The quantitative estimate of drug-likeness (QED) is 0.783. The van der Waals surface area contributed by atoms with Gasteiger partial charge >= 0.3 is 0 Å². The van der Waals surface area contributed by atoms with E-state index in [0.29, 0.717) is 5.41 Å². The number of carbonyl (C=O) groups is 1. The monoisotopic (exact) mass is 240 g/mol. The minimum atomic E-state index is -0.343. The summed E-state index contributed by atoms with van der Waals surface area (Å²) in [5, 5.41) is 0. The third kappa shape index (κ3) is 2.63. The van der Waals surface area contributed by atoms with Crippen LogP contribution in [-0.2, 0) is 9.53 Å². The van der Waals surface area contributed by atoms with Gasteiger partial charge in [-0.1, -0.05) is 13.8 Å². The van der Waals surface area contributed by atoms with Crippen LogP contribution in [0.25, 0.3) is 0 Å². The summed E-state index contributed by atoms with van der Waals surface area (Å²) in [5.74, 6) is 0.345. The standard InChI is InChI=1S/C13H24N2O2/c1-10(2)11(14)12(16)15-6-3-13(9-15)4-7-17-8-5-13/h10-11H,3-9,14H2,1-2H3/t11-/m1/s1. The van der Waals surface area contributed by atoms with Gasteiger partial charge in [-0.2, -0.15) is 0 Å². The number of ether oxygens (including phenoxy) is 1. The maximum atomic E-state index is 12.2. The molecule has 0 aromatic rings. The van der Waals surface area contributed by atoms with E-state index in [9.17, 15) is 4.79 Å². The van der Waals surface area contributed by atoms with E-state index >= 15 is 0 Å². The summed E-state index contributed by atoms with van der Waals surface area (Å²) >= 11 is 0. The van der Waals surface area contributed by atoms with Crippen LogP contribution in [0.15, 0.2) is 0 Å². The van der Waals surface area contributed by atoms with Gasteiger partial charge in [-0.15, -0.1) is 0 Å². The molecule has 98 valence electrons. The van der Waals surface area contributed by atoms with Crippen molar-refractivity contribution in [3.8, 4) is 0 Å². The summed E-state index contributed by atoms with van der Waals surface area (Å²) in [6, 6.07) is -0.343. The fraction of sp³-hybridized carbons (Fsp3) is 0.923. The first-order valence-corrected chi connectivity index (χ1v) is 6.66. The predicted molar refractivity (Wildman–Crippen MR) is 66.5 cm³/mol. The number of nitrogens with zero attached hydrogens (tertiary/aromatic N) is 1. The fourth-order valence-electron chi connectivity index (χ4n) is 2.83. The highest BCUT2D eigenvalue weighted by atomic mass is 16.5. The molecular formula is C13H24N2O2. The van der Waals surface area contributed by atoms with E-state index in [1.165, 1.54) is 0 Å². The second kappa shape index (κ2) is 4.94. The molecule has 2 N–H and O–H groups in total. The van der Waals surface area contributed by atoms with Crippen molar-refractivity contribution in [1.82, 2.24) is 4.90 Å². The number of rotatable bonds is 2.